The van der Waals surface area contributed by atoms with E-state index in [-0.39, 0.29) is 17.2 Å². The van der Waals surface area contributed by atoms with E-state index in [2.05, 4.69) is 10.6 Å². The number of hydrogen-bond donors (Lipinski definition) is 2. The summed E-state index contributed by atoms with van der Waals surface area (Å²) in [5.74, 6) is -0.244. The van der Waals surface area contributed by atoms with Crippen molar-refractivity contribution in [1.29, 1.82) is 0 Å². The summed E-state index contributed by atoms with van der Waals surface area (Å²) >= 11 is 0. The first kappa shape index (κ1) is 15.8. The van der Waals surface area contributed by atoms with E-state index in [4.69, 9.17) is 0 Å². The molecule has 1 aromatic rings. The molecule has 1 unspecified atom stereocenters. The third-order valence-corrected chi connectivity index (χ3v) is 3.95. The molecule has 1 aliphatic heterocycles. The van der Waals surface area contributed by atoms with Crippen LogP contribution in [0.25, 0.3) is 0 Å². The number of amides is 1. The number of nitrogens with one attached hydrogen (secondary N) is 2. The van der Waals surface area contributed by atoms with Gasteiger partial charge in [0.05, 0.1) is 11.0 Å². The van der Waals surface area contributed by atoms with Crippen LogP contribution in [-0.4, -0.2) is 19.0 Å². The second-order valence-corrected chi connectivity index (χ2v) is 5.82. The van der Waals surface area contributed by atoms with Crippen LogP contribution in [0.3, 0.4) is 0 Å². The van der Waals surface area contributed by atoms with E-state index in [9.17, 15) is 18.0 Å². The summed E-state index contributed by atoms with van der Waals surface area (Å²) in [5, 5.41) is 5.76. The fraction of sp³-hybridized carbons (Fsp3) is 0.533. The van der Waals surface area contributed by atoms with Crippen molar-refractivity contribution in [2.45, 2.75) is 32.9 Å². The monoisotopic (exact) mass is 300 g/mol. The van der Waals surface area contributed by atoms with Gasteiger partial charge in [-0.25, -0.2) is 0 Å². The number of carbonyl (C=O) groups excluding carboxylic acids is 1. The number of carbonyl (C=O) groups is 1. The Hall–Kier alpha value is -1.56. The smallest absolute Gasteiger partial charge is 0.326 e. The van der Waals surface area contributed by atoms with Crippen LogP contribution < -0.4 is 10.6 Å². The van der Waals surface area contributed by atoms with E-state index in [0.717, 1.165) is 25.5 Å². The molecule has 1 aliphatic rings. The minimum absolute atomic E-state index is 0.144. The molecule has 3 nitrogen and oxygen atoms in total. The van der Waals surface area contributed by atoms with E-state index in [1.807, 2.05) is 6.92 Å². The Morgan fingerprint density at radius 1 is 1.38 bits per heavy atom. The highest BCUT2D eigenvalue weighted by Crippen LogP contribution is 2.34. The predicted octanol–water partition coefficient (Wildman–Crippen LogP) is 3.34. The first-order chi connectivity index (χ1) is 9.72. The van der Waals surface area contributed by atoms with Gasteiger partial charge in [-0.05, 0) is 50.9 Å². The van der Waals surface area contributed by atoms with Crippen molar-refractivity contribution in [2.24, 2.45) is 5.41 Å². The lowest BCUT2D eigenvalue weighted by Crippen LogP contribution is -2.46. The summed E-state index contributed by atoms with van der Waals surface area (Å²) in [6.07, 6.45) is -2.81. The van der Waals surface area contributed by atoms with Crippen molar-refractivity contribution in [3.63, 3.8) is 0 Å². The number of aryl methyl sites for hydroxylation is 1. The van der Waals surface area contributed by atoms with Gasteiger partial charge in [0.25, 0.3) is 0 Å². The fourth-order valence-corrected chi connectivity index (χ4v) is 2.54. The summed E-state index contributed by atoms with van der Waals surface area (Å²) in [5.41, 5.74) is -0.968. The van der Waals surface area contributed by atoms with Gasteiger partial charge >= 0.3 is 6.18 Å². The van der Waals surface area contributed by atoms with Crippen molar-refractivity contribution in [3.8, 4) is 0 Å². The maximum atomic E-state index is 12.9. The van der Waals surface area contributed by atoms with Crippen LogP contribution >= 0.6 is 0 Å². The van der Waals surface area contributed by atoms with Gasteiger partial charge in [0.15, 0.2) is 0 Å². The maximum Gasteiger partial charge on any atom is 0.416 e. The van der Waals surface area contributed by atoms with Crippen molar-refractivity contribution in [3.05, 3.63) is 29.3 Å². The Labute approximate surface area is 121 Å². The lowest BCUT2D eigenvalue weighted by molar-refractivity contribution is -0.138. The summed E-state index contributed by atoms with van der Waals surface area (Å²) in [6.45, 7) is 4.64. The molecule has 21 heavy (non-hydrogen) atoms. The molecular weight excluding hydrogens is 281 g/mol. The quantitative estimate of drug-likeness (QED) is 0.879. The van der Waals surface area contributed by atoms with Crippen LogP contribution in [0, 0.1) is 12.3 Å². The Morgan fingerprint density at radius 2 is 2.10 bits per heavy atom. The zero-order valence-electron chi connectivity index (χ0n) is 12.1. The third-order valence-electron chi connectivity index (χ3n) is 3.95. The molecule has 0 aromatic heterocycles. The van der Waals surface area contributed by atoms with Crippen LogP contribution in [-0.2, 0) is 11.0 Å². The Balaban J connectivity index is 2.18. The van der Waals surface area contributed by atoms with E-state index in [0.29, 0.717) is 6.54 Å². The molecule has 2 N–H and O–H groups in total. The van der Waals surface area contributed by atoms with Crippen molar-refractivity contribution in [2.75, 3.05) is 18.4 Å². The Morgan fingerprint density at radius 3 is 2.67 bits per heavy atom. The highest BCUT2D eigenvalue weighted by atomic mass is 19.4. The molecule has 1 saturated heterocycles. The molecule has 2 rings (SSSR count). The lowest BCUT2D eigenvalue weighted by atomic mass is 9.82. The number of benzene rings is 1. The number of rotatable bonds is 2. The van der Waals surface area contributed by atoms with E-state index >= 15 is 0 Å². The molecule has 0 aliphatic carbocycles. The molecule has 0 bridgehead atoms. The van der Waals surface area contributed by atoms with E-state index in [1.165, 1.54) is 19.1 Å². The average Bonchev–Trinajstić information content (AvgIpc) is 2.40. The zero-order valence-corrected chi connectivity index (χ0v) is 12.1. The van der Waals surface area contributed by atoms with Crippen LogP contribution in [0.4, 0.5) is 18.9 Å². The number of anilines is 1. The molecule has 6 heteroatoms. The molecule has 1 aromatic carbocycles. The minimum Gasteiger partial charge on any atom is -0.326 e. The second kappa shape index (κ2) is 5.67. The third kappa shape index (κ3) is 3.56. The molecular formula is C15H19F3N2O. The second-order valence-electron chi connectivity index (χ2n) is 5.82. The van der Waals surface area contributed by atoms with Crippen LogP contribution in [0.1, 0.15) is 30.9 Å². The molecule has 0 saturated carbocycles. The van der Waals surface area contributed by atoms with Crippen molar-refractivity contribution in [1.82, 2.24) is 5.32 Å². The molecule has 0 radical (unpaired) electrons. The number of halogens is 3. The standard InChI is InChI=1S/C15H19F3N2O/c1-10-4-5-11(8-12(10)15(16,17)18)20-13(21)14(2)6-3-7-19-9-14/h4-5,8,19H,3,6-7,9H2,1-2H3,(H,20,21). The largest absolute Gasteiger partial charge is 0.416 e. The van der Waals surface area contributed by atoms with Gasteiger partial charge in [-0.15, -0.1) is 0 Å². The van der Waals surface area contributed by atoms with Crippen molar-refractivity contribution >= 4 is 11.6 Å². The fourth-order valence-electron chi connectivity index (χ4n) is 2.54. The number of hydrogen-bond acceptors (Lipinski definition) is 2. The van der Waals surface area contributed by atoms with Gasteiger partial charge < -0.3 is 10.6 Å². The molecule has 0 spiro atoms. The van der Waals surface area contributed by atoms with Gasteiger partial charge in [-0.3, -0.25) is 4.79 Å². The first-order valence-electron chi connectivity index (χ1n) is 6.92. The van der Waals surface area contributed by atoms with E-state index < -0.39 is 17.2 Å². The van der Waals surface area contributed by atoms with E-state index in [1.54, 1.807) is 0 Å². The van der Waals surface area contributed by atoms with Gasteiger partial charge in [0, 0.05) is 12.2 Å². The van der Waals surface area contributed by atoms with Gasteiger partial charge in [-0.2, -0.15) is 13.2 Å². The summed E-state index contributed by atoms with van der Waals surface area (Å²) < 4.78 is 38.6. The Kier molecular flexibility index (Phi) is 4.27. The number of piperidine rings is 1. The lowest BCUT2D eigenvalue weighted by Gasteiger charge is -2.32. The van der Waals surface area contributed by atoms with Crippen molar-refractivity contribution < 1.29 is 18.0 Å². The molecule has 1 heterocycles. The highest BCUT2D eigenvalue weighted by Gasteiger charge is 2.36. The maximum absolute atomic E-state index is 12.9. The van der Waals surface area contributed by atoms with Crippen LogP contribution in [0.5, 0.6) is 0 Å². The summed E-state index contributed by atoms with van der Waals surface area (Å²) in [7, 11) is 0. The Bertz CT molecular complexity index is 534. The predicted molar refractivity (Wildman–Crippen MR) is 75.0 cm³/mol. The molecule has 1 atom stereocenters. The number of alkyl halides is 3. The molecule has 1 amide bonds. The normalized spacial score (nSPS) is 22.9. The SMILES string of the molecule is Cc1ccc(NC(=O)C2(C)CCCNC2)cc1C(F)(F)F. The zero-order chi connectivity index (χ0) is 15.7. The van der Waals surface area contributed by atoms with Gasteiger partial charge in [-0.1, -0.05) is 6.07 Å². The average molecular weight is 300 g/mol. The van der Waals surface area contributed by atoms with Crippen LogP contribution in [0.15, 0.2) is 18.2 Å². The summed E-state index contributed by atoms with van der Waals surface area (Å²) in [4.78, 5) is 12.3. The molecule has 116 valence electrons. The van der Waals surface area contributed by atoms with Crippen LogP contribution in [0.2, 0.25) is 0 Å². The van der Waals surface area contributed by atoms with Gasteiger partial charge in [0.2, 0.25) is 5.91 Å². The van der Waals surface area contributed by atoms with Gasteiger partial charge in [0.1, 0.15) is 0 Å². The molecule has 1 fully saturated rings. The highest BCUT2D eigenvalue weighted by molar-refractivity contribution is 5.95. The summed E-state index contributed by atoms with van der Waals surface area (Å²) in [6, 6.07) is 3.87. The topological polar surface area (TPSA) is 41.1 Å². The first-order valence-corrected chi connectivity index (χ1v) is 6.92. The minimum atomic E-state index is -4.42.